The molecule has 3 heterocycles. The first-order chi connectivity index (χ1) is 31.2. The molecule has 1 aliphatic carbocycles. The quantitative estimate of drug-likeness (QED) is 0.168. The number of benzene rings is 8. The SMILES string of the molecule is CC1(C)CCC(C)(C)c2c(-c3ccc(-c4cccc(-n5c6ccccc6c6c7c8ccccc8n(-c8nc(-c9ccccc9)nc(-c9ccccc9)n8)c7ccc65)c4)cc3)cccc21. The number of hydrogen-bond donors (Lipinski definition) is 0. The molecule has 0 saturated heterocycles. The molecule has 308 valence electrons. The molecule has 0 amide bonds. The van der Waals surface area contributed by atoms with Crippen molar-refractivity contribution in [3.8, 4) is 56.7 Å². The summed E-state index contributed by atoms with van der Waals surface area (Å²) in [5.41, 5.74) is 15.7. The predicted octanol–water partition coefficient (Wildman–Crippen LogP) is 15.1. The van der Waals surface area contributed by atoms with Gasteiger partial charge in [-0.2, -0.15) is 9.97 Å². The maximum absolute atomic E-state index is 5.19. The van der Waals surface area contributed by atoms with Crippen molar-refractivity contribution in [2.45, 2.75) is 51.4 Å². The van der Waals surface area contributed by atoms with Crippen LogP contribution in [0.25, 0.3) is 100 Å². The summed E-state index contributed by atoms with van der Waals surface area (Å²) in [6.45, 7) is 9.64. The third-order valence-electron chi connectivity index (χ3n) is 13.8. The van der Waals surface area contributed by atoms with E-state index in [0.29, 0.717) is 17.6 Å². The Morgan fingerprint density at radius 1 is 0.391 bits per heavy atom. The van der Waals surface area contributed by atoms with Crippen molar-refractivity contribution in [3.05, 3.63) is 199 Å². The molecule has 0 unspecified atom stereocenters. The lowest BCUT2D eigenvalue weighted by Gasteiger charge is -2.43. The molecule has 0 radical (unpaired) electrons. The number of para-hydroxylation sites is 2. The number of hydrogen-bond acceptors (Lipinski definition) is 3. The van der Waals surface area contributed by atoms with Gasteiger partial charge < -0.3 is 4.57 Å². The summed E-state index contributed by atoms with van der Waals surface area (Å²) in [6, 6.07) is 67.5. The molecule has 1 aliphatic rings. The van der Waals surface area contributed by atoms with Gasteiger partial charge in [-0.05, 0) is 93.5 Å². The zero-order valence-electron chi connectivity index (χ0n) is 36.5. The van der Waals surface area contributed by atoms with Crippen molar-refractivity contribution >= 4 is 43.6 Å². The second-order valence-electron chi connectivity index (χ2n) is 18.7. The second-order valence-corrected chi connectivity index (χ2v) is 18.7. The van der Waals surface area contributed by atoms with E-state index in [9.17, 15) is 0 Å². The minimum atomic E-state index is 0.127. The van der Waals surface area contributed by atoms with E-state index in [0.717, 1.165) is 44.3 Å². The van der Waals surface area contributed by atoms with Crippen molar-refractivity contribution in [2.75, 3.05) is 0 Å². The molecule has 0 aliphatic heterocycles. The van der Waals surface area contributed by atoms with E-state index >= 15 is 0 Å². The van der Waals surface area contributed by atoms with Crippen molar-refractivity contribution in [1.29, 1.82) is 0 Å². The molecule has 64 heavy (non-hydrogen) atoms. The highest BCUT2D eigenvalue weighted by Crippen LogP contribution is 2.49. The fraction of sp³-hybridized carbons (Fsp3) is 0.136. The Morgan fingerprint density at radius 2 is 0.906 bits per heavy atom. The lowest BCUT2D eigenvalue weighted by Crippen LogP contribution is -2.34. The standard InChI is InChI=1S/C59H47N5/c1-58(2)35-36-59(3,4)54-44(25-16-26-47(54)58)39-31-29-38(30-32-39)42-21-15-22-43(37-42)63-48-27-13-11-23-45(48)52-50(63)33-34-51-53(52)46-24-12-14-28-49(46)64(51)57-61-55(40-17-7-5-8-18-40)60-56(62-57)41-19-9-6-10-20-41/h5-34,37H,35-36H2,1-4H3. The Balaban J connectivity index is 1.02. The van der Waals surface area contributed by atoms with Gasteiger partial charge in [0.05, 0.1) is 22.1 Å². The highest BCUT2D eigenvalue weighted by atomic mass is 15.2. The molecule has 0 atom stereocenters. The van der Waals surface area contributed by atoms with Crippen LogP contribution >= 0.6 is 0 Å². The highest BCUT2D eigenvalue weighted by molar-refractivity contribution is 6.28. The van der Waals surface area contributed by atoms with Gasteiger partial charge in [-0.3, -0.25) is 4.57 Å². The van der Waals surface area contributed by atoms with Crippen LogP contribution in [-0.4, -0.2) is 24.1 Å². The van der Waals surface area contributed by atoms with Crippen LogP contribution in [0, 0.1) is 0 Å². The molecule has 0 N–H and O–H groups in total. The van der Waals surface area contributed by atoms with E-state index in [4.69, 9.17) is 15.0 Å². The Labute approximate surface area is 373 Å². The zero-order valence-corrected chi connectivity index (χ0v) is 36.5. The zero-order chi connectivity index (χ0) is 43.2. The lowest BCUT2D eigenvalue weighted by atomic mass is 9.61. The molecule has 5 heteroatoms. The third-order valence-corrected chi connectivity index (χ3v) is 13.8. The first-order valence-corrected chi connectivity index (χ1v) is 22.4. The Bertz CT molecular complexity index is 3540. The monoisotopic (exact) mass is 825 g/mol. The highest BCUT2D eigenvalue weighted by Gasteiger charge is 2.38. The molecular weight excluding hydrogens is 779 g/mol. The van der Waals surface area contributed by atoms with E-state index in [2.05, 4.69) is 188 Å². The Morgan fingerprint density at radius 3 is 1.55 bits per heavy atom. The number of rotatable bonds is 6. The van der Waals surface area contributed by atoms with Crippen molar-refractivity contribution < 1.29 is 0 Å². The fourth-order valence-corrected chi connectivity index (χ4v) is 10.5. The van der Waals surface area contributed by atoms with Gasteiger partial charge in [-0.25, -0.2) is 4.98 Å². The van der Waals surface area contributed by atoms with E-state index in [-0.39, 0.29) is 10.8 Å². The summed E-state index contributed by atoms with van der Waals surface area (Å²) >= 11 is 0. The first-order valence-electron chi connectivity index (χ1n) is 22.4. The van der Waals surface area contributed by atoms with Crippen molar-refractivity contribution in [3.63, 3.8) is 0 Å². The Hall–Kier alpha value is -7.63. The maximum Gasteiger partial charge on any atom is 0.238 e. The van der Waals surface area contributed by atoms with Gasteiger partial charge in [0.2, 0.25) is 5.95 Å². The van der Waals surface area contributed by atoms with E-state index in [1.807, 2.05) is 36.4 Å². The van der Waals surface area contributed by atoms with Crippen LogP contribution in [0.2, 0.25) is 0 Å². The van der Waals surface area contributed by atoms with Crippen LogP contribution in [0.3, 0.4) is 0 Å². The van der Waals surface area contributed by atoms with Gasteiger partial charge in [0.25, 0.3) is 0 Å². The smallest absolute Gasteiger partial charge is 0.238 e. The van der Waals surface area contributed by atoms with Crippen LogP contribution in [0.1, 0.15) is 51.7 Å². The van der Waals surface area contributed by atoms with Gasteiger partial charge in [0, 0.05) is 38.4 Å². The molecule has 5 nitrogen and oxygen atoms in total. The molecule has 0 saturated carbocycles. The average Bonchev–Trinajstić information content (AvgIpc) is 3.86. The van der Waals surface area contributed by atoms with Crippen LogP contribution < -0.4 is 0 Å². The molecule has 0 fully saturated rings. The summed E-state index contributed by atoms with van der Waals surface area (Å²) in [7, 11) is 0. The minimum absolute atomic E-state index is 0.127. The summed E-state index contributed by atoms with van der Waals surface area (Å²) in [5.74, 6) is 1.85. The maximum atomic E-state index is 5.19. The molecule has 12 rings (SSSR count). The number of aromatic nitrogens is 5. The molecule has 0 bridgehead atoms. The second kappa shape index (κ2) is 14.5. The van der Waals surface area contributed by atoms with E-state index in [1.165, 1.54) is 62.4 Å². The third kappa shape index (κ3) is 6.02. The van der Waals surface area contributed by atoms with Crippen LogP contribution in [0.4, 0.5) is 0 Å². The molecule has 11 aromatic rings. The predicted molar refractivity (Wildman–Crippen MR) is 266 cm³/mol. The summed E-state index contributed by atoms with van der Waals surface area (Å²) in [6.07, 6.45) is 2.40. The van der Waals surface area contributed by atoms with E-state index < -0.39 is 0 Å². The van der Waals surface area contributed by atoms with Crippen LogP contribution in [0.15, 0.2) is 188 Å². The molecular formula is C59H47N5. The normalized spacial score (nSPS) is 14.4. The van der Waals surface area contributed by atoms with Crippen LogP contribution in [0.5, 0.6) is 0 Å². The fourth-order valence-electron chi connectivity index (χ4n) is 10.5. The van der Waals surface area contributed by atoms with Gasteiger partial charge >= 0.3 is 0 Å². The summed E-state index contributed by atoms with van der Waals surface area (Å²) in [5, 5.41) is 4.72. The lowest BCUT2D eigenvalue weighted by molar-refractivity contribution is 0.333. The average molecular weight is 826 g/mol. The molecule has 8 aromatic carbocycles. The van der Waals surface area contributed by atoms with Gasteiger partial charge in [-0.15, -0.1) is 0 Å². The molecule has 0 spiro atoms. The largest absolute Gasteiger partial charge is 0.309 e. The van der Waals surface area contributed by atoms with Crippen molar-refractivity contribution in [1.82, 2.24) is 24.1 Å². The first kappa shape index (κ1) is 38.1. The number of nitrogens with zero attached hydrogens (tertiary/aromatic N) is 5. The van der Waals surface area contributed by atoms with E-state index in [1.54, 1.807) is 0 Å². The minimum Gasteiger partial charge on any atom is -0.309 e. The molecule has 3 aromatic heterocycles. The summed E-state index contributed by atoms with van der Waals surface area (Å²) < 4.78 is 4.65. The van der Waals surface area contributed by atoms with Gasteiger partial charge in [0.15, 0.2) is 11.6 Å². The van der Waals surface area contributed by atoms with Crippen LogP contribution in [-0.2, 0) is 10.8 Å². The number of fused-ring (bicyclic) bond motifs is 8. The van der Waals surface area contributed by atoms with Crippen molar-refractivity contribution in [2.24, 2.45) is 0 Å². The van der Waals surface area contributed by atoms with Gasteiger partial charge in [0.1, 0.15) is 0 Å². The summed E-state index contributed by atoms with van der Waals surface area (Å²) in [4.78, 5) is 15.4. The van der Waals surface area contributed by atoms with Gasteiger partial charge in [-0.1, -0.05) is 179 Å². The Kier molecular flexibility index (Phi) is 8.61. The topological polar surface area (TPSA) is 48.5 Å².